The monoisotopic (exact) mass is 335 g/mol. The Morgan fingerprint density at radius 3 is 2.74 bits per heavy atom. The largest absolute Gasteiger partial charge is 0.393 e. The van der Waals surface area contributed by atoms with Gasteiger partial charge in [0.2, 0.25) is 5.91 Å². The lowest BCUT2D eigenvalue weighted by Crippen LogP contribution is -2.41. The molecule has 2 heterocycles. The number of likely N-dealkylation sites (tertiary alicyclic amines) is 1. The van der Waals surface area contributed by atoms with Crippen LogP contribution in [0.4, 0.5) is 0 Å². The number of rotatable bonds is 5. The number of aliphatic hydroxyl groups excluding tert-OH is 1. The predicted octanol–water partition coefficient (Wildman–Crippen LogP) is 0.922. The van der Waals surface area contributed by atoms with Crippen molar-refractivity contribution < 1.29 is 9.90 Å². The number of amides is 1. The maximum atomic E-state index is 12.1. The first kappa shape index (κ1) is 16.8. The standard InChI is InChI=1S/C17H25N3O2S/c21-15-5-7-20(8-6-15)10-14-4-2-1-3-13(14)9-18-17(22)16-11-23-12-19-16/h1-4,15-16,19,21H,5-12H2,(H,18,22)/t16-/m1/s1. The van der Waals surface area contributed by atoms with Crippen molar-refractivity contribution in [1.82, 2.24) is 15.5 Å². The van der Waals surface area contributed by atoms with Crippen molar-refractivity contribution in [3.8, 4) is 0 Å². The molecule has 23 heavy (non-hydrogen) atoms. The number of piperidine rings is 1. The number of aliphatic hydroxyl groups is 1. The molecule has 0 aliphatic carbocycles. The van der Waals surface area contributed by atoms with E-state index in [0.717, 1.165) is 44.1 Å². The third kappa shape index (κ3) is 4.70. The van der Waals surface area contributed by atoms with E-state index in [0.29, 0.717) is 6.54 Å². The summed E-state index contributed by atoms with van der Waals surface area (Å²) in [4.78, 5) is 14.5. The molecule has 3 N–H and O–H groups in total. The lowest BCUT2D eigenvalue weighted by atomic mass is 10.0. The smallest absolute Gasteiger partial charge is 0.238 e. The van der Waals surface area contributed by atoms with Crippen LogP contribution in [-0.4, -0.2) is 52.8 Å². The van der Waals surface area contributed by atoms with Gasteiger partial charge in [-0.1, -0.05) is 24.3 Å². The molecule has 126 valence electrons. The summed E-state index contributed by atoms with van der Waals surface area (Å²) in [6.45, 7) is 3.33. The molecule has 1 amide bonds. The Kier molecular flexibility index (Phi) is 5.94. The molecule has 2 aliphatic heterocycles. The van der Waals surface area contributed by atoms with Crippen molar-refractivity contribution >= 4 is 17.7 Å². The molecule has 2 saturated heterocycles. The highest BCUT2D eigenvalue weighted by Gasteiger charge is 2.22. The van der Waals surface area contributed by atoms with Crippen LogP contribution in [0.25, 0.3) is 0 Å². The van der Waals surface area contributed by atoms with Crippen LogP contribution in [0.2, 0.25) is 0 Å². The van der Waals surface area contributed by atoms with Gasteiger partial charge in [0, 0.05) is 37.8 Å². The Labute approximate surface area is 141 Å². The molecule has 1 aromatic rings. The number of hydrogen-bond donors (Lipinski definition) is 3. The number of carbonyl (C=O) groups is 1. The van der Waals surface area contributed by atoms with Crippen LogP contribution in [-0.2, 0) is 17.9 Å². The van der Waals surface area contributed by atoms with Crippen molar-refractivity contribution in [2.24, 2.45) is 0 Å². The number of nitrogens with one attached hydrogen (secondary N) is 2. The van der Waals surface area contributed by atoms with Gasteiger partial charge in [0.15, 0.2) is 0 Å². The first-order valence-electron chi connectivity index (χ1n) is 8.28. The molecule has 0 saturated carbocycles. The summed E-state index contributed by atoms with van der Waals surface area (Å²) in [6, 6.07) is 8.24. The van der Waals surface area contributed by atoms with Crippen LogP contribution in [0, 0.1) is 0 Å². The van der Waals surface area contributed by atoms with E-state index in [2.05, 4.69) is 33.7 Å². The second kappa shape index (κ2) is 8.15. The van der Waals surface area contributed by atoms with Gasteiger partial charge >= 0.3 is 0 Å². The highest BCUT2D eigenvalue weighted by Crippen LogP contribution is 2.17. The molecule has 0 unspecified atom stereocenters. The van der Waals surface area contributed by atoms with Crippen LogP contribution in [0.5, 0.6) is 0 Å². The molecular formula is C17H25N3O2S. The Balaban J connectivity index is 1.55. The second-order valence-corrected chi connectivity index (χ2v) is 7.30. The van der Waals surface area contributed by atoms with E-state index in [1.807, 2.05) is 6.07 Å². The molecule has 6 heteroatoms. The van der Waals surface area contributed by atoms with Gasteiger partial charge in [-0.3, -0.25) is 15.0 Å². The maximum Gasteiger partial charge on any atom is 0.238 e. The normalized spacial score (nSPS) is 23.1. The van der Waals surface area contributed by atoms with Crippen LogP contribution < -0.4 is 10.6 Å². The summed E-state index contributed by atoms with van der Waals surface area (Å²) < 4.78 is 0. The molecule has 5 nitrogen and oxygen atoms in total. The van der Waals surface area contributed by atoms with E-state index in [1.165, 1.54) is 11.1 Å². The van der Waals surface area contributed by atoms with Gasteiger partial charge in [-0.05, 0) is 24.0 Å². The zero-order valence-corrected chi connectivity index (χ0v) is 14.1. The minimum Gasteiger partial charge on any atom is -0.393 e. The summed E-state index contributed by atoms with van der Waals surface area (Å²) in [5, 5.41) is 15.9. The average molecular weight is 335 g/mol. The van der Waals surface area contributed by atoms with Gasteiger partial charge in [-0.25, -0.2) is 0 Å². The zero-order chi connectivity index (χ0) is 16.1. The van der Waals surface area contributed by atoms with Gasteiger partial charge < -0.3 is 10.4 Å². The summed E-state index contributed by atoms with van der Waals surface area (Å²) in [7, 11) is 0. The van der Waals surface area contributed by atoms with Crippen LogP contribution in [0.15, 0.2) is 24.3 Å². The molecule has 0 aromatic heterocycles. The molecule has 2 aliphatic rings. The molecule has 0 radical (unpaired) electrons. The van der Waals surface area contributed by atoms with Crippen LogP contribution in [0.1, 0.15) is 24.0 Å². The minimum absolute atomic E-state index is 0.0595. The lowest BCUT2D eigenvalue weighted by molar-refractivity contribution is -0.122. The van der Waals surface area contributed by atoms with Crippen molar-refractivity contribution in [3.63, 3.8) is 0 Å². The van der Waals surface area contributed by atoms with Crippen molar-refractivity contribution in [2.75, 3.05) is 24.7 Å². The van der Waals surface area contributed by atoms with E-state index in [9.17, 15) is 9.90 Å². The van der Waals surface area contributed by atoms with E-state index in [4.69, 9.17) is 0 Å². The van der Waals surface area contributed by atoms with E-state index < -0.39 is 0 Å². The Morgan fingerprint density at radius 2 is 2.04 bits per heavy atom. The molecule has 1 aromatic carbocycles. The third-order valence-corrected chi connectivity index (χ3v) is 5.50. The van der Waals surface area contributed by atoms with Gasteiger partial charge in [0.1, 0.15) is 0 Å². The zero-order valence-electron chi connectivity index (χ0n) is 13.3. The van der Waals surface area contributed by atoms with E-state index in [-0.39, 0.29) is 18.1 Å². The summed E-state index contributed by atoms with van der Waals surface area (Å²) in [5.41, 5.74) is 2.44. The first-order valence-corrected chi connectivity index (χ1v) is 9.44. The number of benzene rings is 1. The number of hydrogen-bond acceptors (Lipinski definition) is 5. The summed E-state index contributed by atoms with van der Waals surface area (Å²) >= 11 is 1.76. The van der Waals surface area contributed by atoms with Gasteiger partial charge in [0.25, 0.3) is 0 Å². The maximum absolute atomic E-state index is 12.1. The molecule has 1 atom stereocenters. The molecule has 3 rings (SSSR count). The van der Waals surface area contributed by atoms with E-state index >= 15 is 0 Å². The number of thioether (sulfide) groups is 1. The Morgan fingerprint density at radius 1 is 1.30 bits per heavy atom. The fraction of sp³-hybridized carbons (Fsp3) is 0.588. The van der Waals surface area contributed by atoms with Gasteiger partial charge in [0.05, 0.1) is 12.1 Å². The van der Waals surface area contributed by atoms with E-state index in [1.54, 1.807) is 11.8 Å². The van der Waals surface area contributed by atoms with Crippen molar-refractivity contribution in [2.45, 2.75) is 38.1 Å². The fourth-order valence-electron chi connectivity index (χ4n) is 3.07. The summed E-state index contributed by atoms with van der Waals surface area (Å²) in [5.74, 6) is 1.80. The highest BCUT2D eigenvalue weighted by molar-refractivity contribution is 7.99. The topological polar surface area (TPSA) is 64.6 Å². The number of carbonyl (C=O) groups excluding carboxylic acids is 1. The lowest BCUT2D eigenvalue weighted by Gasteiger charge is -2.30. The third-order valence-electron chi connectivity index (χ3n) is 4.56. The molecule has 0 spiro atoms. The molecular weight excluding hydrogens is 310 g/mol. The average Bonchev–Trinajstić information content (AvgIpc) is 3.10. The molecule has 2 fully saturated rings. The van der Waals surface area contributed by atoms with Crippen LogP contribution >= 0.6 is 11.8 Å². The minimum atomic E-state index is -0.141. The Bertz CT molecular complexity index is 526. The second-order valence-electron chi connectivity index (χ2n) is 6.27. The first-order chi connectivity index (χ1) is 11.2. The SMILES string of the molecule is O=C(NCc1ccccc1CN1CCC(O)CC1)[C@H]1CSCN1. The van der Waals surface area contributed by atoms with Gasteiger partial charge in [-0.15, -0.1) is 11.8 Å². The van der Waals surface area contributed by atoms with Gasteiger partial charge in [-0.2, -0.15) is 0 Å². The van der Waals surface area contributed by atoms with Crippen LogP contribution in [0.3, 0.4) is 0 Å². The predicted molar refractivity (Wildman–Crippen MR) is 93.1 cm³/mol. The van der Waals surface area contributed by atoms with Crippen molar-refractivity contribution in [3.05, 3.63) is 35.4 Å². The summed E-state index contributed by atoms with van der Waals surface area (Å²) in [6.07, 6.45) is 1.56. The molecule has 0 bridgehead atoms. The number of nitrogens with zero attached hydrogens (tertiary/aromatic N) is 1. The fourth-order valence-corrected chi connectivity index (χ4v) is 4.01. The highest BCUT2D eigenvalue weighted by atomic mass is 32.2. The quantitative estimate of drug-likeness (QED) is 0.747. The Hall–Kier alpha value is -1.08. The van der Waals surface area contributed by atoms with Crippen molar-refractivity contribution in [1.29, 1.82) is 0 Å².